The number of hydrogen-bond donors (Lipinski definition) is 1. The summed E-state index contributed by atoms with van der Waals surface area (Å²) in [6.07, 6.45) is 2.23. The predicted molar refractivity (Wildman–Crippen MR) is 88.1 cm³/mol. The Morgan fingerprint density at radius 1 is 1.40 bits per heavy atom. The highest BCUT2D eigenvalue weighted by Crippen LogP contribution is 2.59. The maximum atomic E-state index is 13.3. The fourth-order valence-electron chi connectivity index (χ4n) is 3.62. The predicted octanol–water partition coefficient (Wildman–Crippen LogP) is 2.80. The Balaban J connectivity index is 1.46. The Kier molecular flexibility index (Phi) is 3.56. The molecular weight excluding hydrogens is 328 g/mol. The van der Waals surface area contributed by atoms with E-state index in [0.29, 0.717) is 25.1 Å². The fraction of sp³-hybridized carbons (Fsp3) is 0.444. The van der Waals surface area contributed by atoms with Crippen molar-refractivity contribution in [3.05, 3.63) is 46.9 Å². The van der Waals surface area contributed by atoms with E-state index in [9.17, 15) is 13.6 Å². The number of pyridine rings is 1. The number of anilines is 1. The third kappa shape index (κ3) is 2.67. The first-order chi connectivity index (χ1) is 11.9. The standard InChI is InChI=1S/C18H19F2N3O2/c1-10-11(5-13-6-12(7-21-13)17(24)25-2)3-4-16(22-10)23-8-14-15(9-23)18(14,19)20/h3-4,6-7,14-15,21H,5,8-9H2,1-2H3. The van der Waals surface area contributed by atoms with Crippen molar-refractivity contribution in [1.82, 2.24) is 9.97 Å². The molecule has 1 saturated carbocycles. The average molecular weight is 347 g/mol. The highest BCUT2D eigenvalue weighted by Gasteiger charge is 2.71. The molecule has 1 N–H and O–H groups in total. The van der Waals surface area contributed by atoms with Crippen LogP contribution in [-0.4, -0.2) is 42.1 Å². The van der Waals surface area contributed by atoms with Gasteiger partial charge in [0.25, 0.3) is 5.92 Å². The summed E-state index contributed by atoms with van der Waals surface area (Å²) in [6, 6.07) is 5.61. The summed E-state index contributed by atoms with van der Waals surface area (Å²) < 4.78 is 31.3. The van der Waals surface area contributed by atoms with Crippen LogP contribution in [0.4, 0.5) is 14.6 Å². The van der Waals surface area contributed by atoms with Gasteiger partial charge in [-0.15, -0.1) is 0 Å². The summed E-state index contributed by atoms with van der Waals surface area (Å²) in [5.74, 6) is -3.12. The number of carbonyl (C=O) groups excluding carboxylic acids is 1. The molecule has 3 heterocycles. The topological polar surface area (TPSA) is 58.2 Å². The number of ether oxygens (including phenoxy) is 1. The molecular formula is C18H19F2N3O2. The van der Waals surface area contributed by atoms with Crippen LogP contribution in [0.1, 0.15) is 27.3 Å². The van der Waals surface area contributed by atoms with E-state index < -0.39 is 17.8 Å². The van der Waals surface area contributed by atoms with E-state index in [0.717, 1.165) is 22.8 Å². The van der Waals surface area contributed by atoms with Crippen LogP contribution in [0.2, 0.25) is 0 Å². The molecule has 0 bridgehead atoms. The molecule has 132 valence electrons. The molecule has 5 nitrogen and oxygen atoms in total. The van der Waals surface area contributed by atoms with E-state index in [4.69, 9.17) is 4.74 Å². The number of fused-ring (bicyclic) bond motifs is 1. The van der Waals surface area contributed by atoms with Crippen molar-refractivity contribution in [3.8, 4) is 0 Å². The number of methoxy groups -OCH3 is 1. The summed E-state index contributed by atoms with van der Waals surface area (Å²) in [7, 11) is 1.35. The maximum absolute atomic E-state index is 13.3. The number of esters is 1. The Hall–Kier alpha value is -2.44. The van der Waals surface area contributed by atoms with Crippen molar-refractivity contribution in [2.45, 2.75) is 19.3 Å². The molecule has 2 unspecified atom stereocenters. The highest BCUT2D eigenvalue weighted by atomic mass is 19.3. The number of hydrogen-bond acceptors (Lipinski definition) is 4. The van der Waals surface area contributed by atoms with Crippen molar-refractivity contribution < 1.29 is 18.3 Å². The van der Waals surface area contributed by atoms with E-state index in [1.807, 2.05) is 24.0 Å². The van der Waals surface area contributed by atoms with Crippen LogP contribution in [0.25, 0.3) is 0 Å². The summed E-state index contributed by atoms with van der Waals surface area (Å²) in [5.41, 5.74) is 3.26. The van der Waals surface area contributed by atoms with E-state index in [1.165, 1.54) is 7.11 Å². The van der Waals surface area contributed by atoms with Crippen LogP contribution in [0.3, 0.4) is 0 Å². The van der Waals surface area contributed by atoms with Gasteiger partial charge >= 0.3 is 5.97 Å². The van der Waals surface area contributed by atoms with E-state index in [1.54, 1.807) is 12.3 Å². The second-order valence-electron chi connectivity index (χ2n) is 6.79. The number of nitrogens with zero attached hydrogens (tertiary/aromatic N) is 2. The van der Waals surface area contributed by atoms with E-state index in [2.05, 4.69) is 9.97 Å². The summed E-state index contributed by atoms with van der Waals surface area (Å²) in [6.45, 7) is 2.67. The largest absolute Gasteiger partial charge is 0.465 e. The second kappa shape index (κ2) is 5.54. The molecule has 0 spiro atoms. The number of aromatic amines is 1. The first-order valence-corrected chi connectivity index (χ1v) is 8.25. The van der Waals surface area contributed by atoms with Gasteiger partial charge in [0, 0.05) is 37.1 Å². The van der Waals surface area contributed by atoms with Crippen LogP contribution in [0.5, 0.6) is 0 Å². The highest BCUT2D eigenvalue weighted by molar-refractivity contribution is 5.89. The number of carbonyl (C=O) groups is 1. The van der Waals surface area contributed by atoms with E-state index >= 15 is 0 Å². The molecule has 1 aliphatic heterocycles. The quantitative estimate of drug-likeness (QED) is 0.864. The van der Waals surface area contributed by atoms with Crippen LogP contribution in [0, 0.1) is 18.8 Å². The normalized spacial score (nSPS) is 23.4. The smallest absolute Gasteiger partial charge is 0.339 e. The lowest BCUT2D eigenvalue weighted by molar-refractivity contribution is 0.0600. The number of piperidine rings is 1. The number of alkyl halides is 2. The number of rotatable bonds is 4. The van der Waals surface area contributed by atoms with E-state index in [-0.39, 0.29) is 5.97 Å². The van der Waals surface area contributed by atoms with Gasteiger partial charge in [0.05, 0.1) is 24.5 Å². The molecule has 2 fully saturated rings. The molecule has 0 radical (unpaired) electrons. The van der Waals surface area contributed by atoms with Crippen molar-refractivity contribution in [1.29, 1.82) is 0 Å². The SMILES string of the molecule is COC(=O)c1c[nH]c(Cc2ccc(N3CC4C(C3)C4(F)F)nc2C)c1. The zero-order valence-corrected chi connectivity index (χ0v) is 14.1. The summed E-state index contributed by atoms with van der Waals surface area (Å²) in [5, 5.41) is 0. The zero-order chi connectivity index (χ0) is 17.8. The maximum Gasteiger partial charge on any atom is 0.339 e. The summed E-state index contributed by atoms with van der Waals surface area (Å²) >= 11 is 0. The van der Waals surface area contributed by atoms with Gasteiger partial charge in [-0.3, -0.25) is 0 Å². The molecule has 25 heavy (non-hydrogen) atoms. The number of aromatic nitrogens is 2. The Morgan fingerprint density at radius 2 is 2.12 bits per heavy atom. The molecule has 1 aliphatic carbocycles. The average Bonchev–Trinajstić information content (AvgIpc) is 3.06. The lowest BCUT2D eigenvalue weighted by atomic mass is 10.1. The minimum Gasteiger partial charge on any atom is -0.465 e. The van der Waals surface area contributed by atoms with Crippen LogP contribution >= 0.6 is 0 Å². The molecule has 7 heteroatoms. The minimum absolute atomic E-state index is 0.378. The Morgan fingerprint density at radius 3 is 2.76 bits per heavy atom. The third-order valence-corrected chi connectivity index (χ3v) is 5.25. The van der Waals surface area contributed by atoms with Gasteiger partial charge in [0.1, 0.15) is 5.82 Å². The molecule has 2 aliphatic rings. The number of H-pyrrole nitrogens is 1. The monoisotopic (exact) mass is 347 g/mol. The number of nitrogens with one attached hydrogen (secondary N) is 1. The number of halogens is 2. The van der Waals surface area contributed by atoms with Gasteiger partial charge in [-0.05, 0) is 24.6 Å². The fourth-order valence-corrected chi connectivity index (χ4v) is 3.62. The molecule has 2 aromatic heterocycles. The molecule has 0 aromatic carbocycles. The lowest BCUT2D eigenvalue weighted by Crippen LogP contribution is -2.28. The van der Waals surface area contributed by atoms with Crippen molar-refractivity contribution in [2.75, 3.05) is 25.1 Å². The van der Waals surface area contributed by atoms with Gasteiger partial charge in [-0.1, -0.05) is 6.07 Å². The van der Waals surface area contributed by atoms with Crippen LogP contribution in [0.15, 0.2) is 24.4 Å². The zero-order valence-electron chi connectivity index (χ0n) is 14.1. The van der Waals surface area contributed by atoms with Crippen LogP contribution < -0.4 is 4.90 Å². The minimum atomic E-state index is -2.48. The molecule has 2 aromatic rings. The Labute approximate surface area is 144 Å². The molecule has 4 rings (SSSR count). The second-order valence-corrected chi connectivity index (χ2v) is 6.79. The van der Waals surface area contributed by atoms with Crippen molar-refractivity contribution in [3.63, 3.8) is 0 Å². The molecule has 0 amide bonds. The van der Waals surface area contributed by atoms with Gasteiger partial charge in [-0.25, -0.2) is 18.6 Å². The first-order valence-electron chi connectivity index (χ1n) is 8.25. The van der Waals surface area contributed by atoms with Crippen molar-refractivity contribution >= 4 is 11.8 Å². The van der Waals surface area contributed by atoms with Gasteiger partial charge in [-0.2, -0.15) is 0 Å². The van der Waals surface area contributed by atoms with Crippen LogP contribution in [-0.2, 0) is 11.2 Å². The lowest BCUT2D eigenvalue weighted by Gasteiger charge is -2.21. The van der Waals surface area contributed by atoms with Gasteiger partial charge in [0.15, 0.2) is 0 Å². The van der Waals surface area contributed by atoms with Crippen molar-refractivity contribution in [2.24, 2.45) is 11.8 Å². The third-order valence-electron chi connectivity index (χ3n) is 5.25. The van der Waals surface area contributed by atoms with Gasteiger partial charge in [0.2, 0.25) is 0 Å². The molecule has 1 saturated heterocycles. The first kappa shape index (κ1) is 16.1. The summed E-state index contributed by atoms with van der Waals surface area (Å²) in [4.78, 5) is 21.1. The number of aryl methyl sites for hydroxylation is 1. The van der Waals surface area contributed by atoms with Gasteiger partial charge < -0.3 is 14.6 Å². The molecule has 2 atom stereocenters. The Bertz CT molecular complexity index is 819.